The largest absolute Gasteiger partial charge is 0.467 e. The van der Waals surface area contributed by atoms with Crippen LogP contribution in [-0.4, -0.2) is 35.0 Å². The molecule has 0 bridgehead atoms. The van der Waals surface area contributed by atoms with Gasteiger partial charge in [0.25, 0.3) is 11.1 Å². The van der Waals surface area contributed by atoms with E-state index in [-0.39, 0.29) is 17.5 Å². The molecule has 2 heterocycles. The van der Waals surface area contributed by atoms with Gasteiger partial charge in [0.1, 0.15) is 28.9 Å². The summed E-state index contributed by atoms with van der Waals surface area (Å²) in [5.41, 5.74) is 0.710. The third kappa shape index (κ3) is 4.80. The van der Waals surface area contributed by atoms with Crippen LogP contribution in [0.3, 0.4) is 0 Å². The monoisotopic (exact) mass is 466 g/mol. The fourth-order valence-corrected chi connectivity index (χ4v) is 4.70. The van der Waals surface area contributed by atoms with Crippen molar-refractivity contribution in [1.29, 1.82) is 0 Å². The van der Waals surface area contributed by atoms with Gasteiger partial charge in [0.05, 0.1) is 4.70 Å². The van der Waals surface area contributed by atoms with Gasteiger partial charge in [-0.25, -0.2) is 8.78 Å². The maximum atomic E-state index is 13.9. The molecular weight excluding hydrogens is 446 g/mol. The van der Waals surface area contributed by atoms with Crippen molar-refractivity contribution in [3.8, 4) is 16.7 Å². The summed E-state index contributed by atoms with van der Waals surface area (Å²) in [6.45, 7) is 1.08. The number of benzene rings is 3. The number of halogens is 2. The number of piperidine rings is 1. The first kappa shape index (κ1) is 21.3. The van der Waals surface area contributed by atoms with Crippen molar-refractivity contribution in [2.45, 2.75) is 18.9 Å². The van der Waals surface area contributed by atoms with Gasteiger partial charge < -0.3 is 14.4 Å². The fourth-order valence-electron chi connectivity index (χ4n) is 3.78. The molecule has 0 N–H and O–H groups in total. The van der Waals surface area contributed by atoms with Crippen molar-refractivity contribution in [2.24, 2.45) is 0 Å². The molecular formula is C25H20F2N2O3S. The molecule has 1 aromatic heterocycles. The topological polar surface area (TPSA) is 51.7 Å². The standard InChI is InChI=1S/C25H20F2N2O3S/c26-17-14-21(27)23-22(15-17)33-25(28-23)32-20-10-12-29(13-11-20)24(30)16-6-8-19(9-7-16)31-18-4-2-1-3-5-18/h1-9,14-15,20H,10-13H2. The van der Waals surface area contributed by atoms with Crippen molar-refractivity contribution in [3.05, 3.63) is 83.9 Å². The zero-order valence-electron chi connectivity index (χ0n) is 17.5. The SMILES string of the molecule is O=C(c1ccc(Oc2ccccc2)cc1)N1CCC(Oc2nc3c(F)cc(F)cc3s2)CC1. The van der Waals surface area contributed by atoms with Crippen LogP contribution in [0.4, 0.5) is 8.78 Å². The van der Waals surface area contributed by atoms with E-state index in [0.717, 1.165) is 23.2 Å². The Balaban J connectivity index is 1.17. The highest BCUT2D eigenvalue weighted by Crippen LogP contribution is 2.32. The molecule has 1 aliphatic heterocycles. The van der Waals surface area contributed by atoms with E-state index in [4.69, 9.17) is 9.47 Å². The Labute approximate surface area is 193 Å². The first-order valence-electron chi connectivity index (χ1n) is 10.6. The molecule has 0 aliphatic carbocycles. The molecule has 4 aromatic rings. The maximum Gasteiger partial charge on any atom is 0.274 e. The summed E-state index contributed by atoms with van der Waals surface area (Å²) < 4.78 is 39.4. The van der Waals surface area contributed by atoms with E-state index in [1.54, 1.807) is 29.2 Å². The predicted molar refractivity (Wildman–Crippen MR) is 122 cm³/mol. The summed E-state index contributed by atoms with van der Waals surface area (Å²) in [6.07, 6.45) is 1.13. The third-order valence-corrected chi connectivity index (χ3v) is 6.36. The summed E-state index contributed by atoms with van der Waals surface area (Å²) in [5, 5.41) is 0.313. The van der Waals surface area contributed by atoms with Gasteiger partial charge in [-0.05, 0) is 42.5 Å². The van der Waals surface area contributed by atoms with Gasteiger partial charge >= 0.3 is 0 Å². The molecule has 1 fully saturated rings. The number of nitrogens with zero attached hydrogens (tertiary/aromatic N) is 2. The third-order valence-electron chi connectivity index (χ3n) is 5.47. The Kier molecular flexibility index (Phi) is 5.92. The molecule has 0 spiro atoms. The Hall–Kier alpha value is -3.52. The van der Waals surface area contributed by atoms with Gasteiger partial charge in [0, 0.05) is 37.6 Å². The minimum Gasteiger partial charge on any atom is -0.467 e. The molecule has 0 radical (unpaired) electrons. The minimum absolute atomic E-state index is 0.0442. The average Bonchev–Trinajstić information content (AvgIpc) is 3.23. The normalized spacial score (nSPS) is 14.4. The van der Waals surface area contributed by atoms with E-state index in [2.05, 4.69) is 4.98 Å². The molecule has 1 saturated heterocycles. The molecule has 1 aliphatic rings. The van der Waals surface area contributed by atoms with Crippen molar-refractivity contribution in [2.75, 3.05) is 13.1 Å². The van der Waals surface area contributed by atoms with Gasteiger partial charge in [-0.1, -0.05) is 29.5 Å². The zero-order valence-corrected chi connectivity index (χ0v) is 18.4. The fraction of sp³-hybridized carbons (Fsp3) is 0.200. The van der Waals surface area contributed by atoms with E-state index in [9.17, 15) is 13.6 Å². The second kappa shape index (κ2) is 9.15. The molecule has 8 heteroatoms. The highest BCUT2D eigenvalue weighted by molar-refractivity contribution is 7.20. The smallest absolute Gasteiger partial charge is 0.274 e. The summed E-state index contributed by atoms with van der Waals surface area (Å²) in [4.78, 5) is 18.8. The van der Waals surface area contributed by atoms with E-state index in [0.29, 0.717) is 47.1 Å². The Morgan fingerprint density at radius 2 is 1.67 bits per heavy atom. The molecule has 0 atom stereocenters. The van der Waals surface area contributed by atoms with E-state index in [1.807, 2.05) is 30.3 Å². The molecule has 5 rings (SSSR count). The number of thiazole rings is 1. The van der Waals surface area contributed by atoms with Crippen LogP contribution < -0.4 is 9.47 Å². The van der Waals surface area contributed by atoms with Crippen LogP contribution in [0.2, 0.25) is 0 Å². The van der Waals surface area contributed by atoms with Crippen LogP contribution in [0.15, 0.2) is 66.7 Å². The number of carbonyl (C=O) groups is 1. The van der Waals surface area contributed by atoms with Crippen molar-refractivity contribution in [1.82, 2.24) is 9.88 Å². The van der Waals surface area contributed by atoms with E-state index >= 15 is 0 Å². The van der Waals surface area contributed by atoms with Gasteiger partial charge in [0.15, 0.2) is 5.82 Å². The number of aromatic nitrogens is 1. The maximum absolute atomic E-state index is 13.9. The summed E-state index contributed by atoms with van der Waals surface area (Å²) in [6, 6.07) is 18.6. The van der Waals surface area contributed by atoms with Crippen LogP contribution in [0, 0.1) is 11.6 Å². The summed E-state index contributed by atoms with van der Waals surface area (Å²) in [5.74, 6) is 0.0206. The van der Waals surface area contributed by atoms with Crippen molar-refractivity contribution < 1.29 is 23.0 Å². The van der Waals surface area contributed by atoms with Gasteiger partial charge in [-0.15, -0.1) is 0 Å². The lowest BCUT2D eigenvalue weighted by Gasteiger charge is -2.31. The lowest BCUT2D eigenvalue weighted by molar-refractivity contribution is 0.0595. The lowest BCUT2D eigenvalue weighted by Crippen LogP contribution is -2.41. The van der Waals surface area contributed by atoms with Crippen molar-refractivity contribution in [3.63, 3.8) is 0 Å². The number of hydrogen-bond donors (Lipinski definition) is 0. The number of para-hydroxylation sites is 1. The van der Waals surface area contributed by atoms with E-state index in [1.165, 1.54) is 6.07 Å². The molecule has 33 heavy (non-hydrogen) atoms. The number of ether oxygens (including phenoxy) is 2. The van der Waals surface area contributed by atoms with Crippen LogP contribution in [-0.2, 0) is 0 Å². The predicted octanol–water partition coefficient (Wildman–Crippen LogP) is 6.05. The van der Waals surface area contributed by atoms with Gasteiger partial charge in [-0.2, -0.15) is 4.98 Å². The molecule has 0 unspecified atom stereocenters. The summed E-state index contributed by atoms with van der Waals surface area (Å²) in [7, 11) is 0. The van der Waals surface area contributed by atoms with Crippen molar-refractivity contribution >= 4 is 27.5 Å². The number of carbonyl (C=O) groups excluding carboxylic acids is 1. The molecule has 0 saturated carbocycles. The number of rotatable bonds is 5. The first-order chi connectivity index (χ1) is 16.0. The van der Waals surface area contributed by atoms with Gasteiger partial charge in [-0.3, -0.25) is 4.79 Å². The van der Waals surface area contributed by atoms with Crippen LogP contribution >= 0.6 is 11.3 Å². The average molecular weight is 467 g/mol. The Bertz CT molecular complexity index is 1270. The van der Waals surface area contributed by atoms with E-state index < -0.39 is 11.6 Å². The quantitative estimate of drug-likeness (QED) is 0.359. The summed E-state index contributed by atoms with van der Waals surface area (Å²) >= 11 is 1.12. The van der Waals surface area contributed by atoms with Crippen LogP contribution in [0.1, 0.15) is 23.2 Å². The van der Waals surface area contributed by atoms with Crippen LogP contribution in [0.25, 0.3) is 10.2 Å². The number of amides is 1. The molecule has 3 aromatic carbocycles. The number of likely N-dealkylation sites (tertiary alicyclic amines) is 1. The number of fused-ring (bicyclic) bond motifs is 1. The first-order valence-corrected chi connectivity index (χ1v) is 11.4. The Morgan fingerprint density at radius 1 is 0.970 bits per heavy atom. The second-order valence-corrected chi connectivity index (χ2v) is 8.76. The number of hydrogen-bond acceptors (Lipinski definition) is 5. The lowest BCUT2D eigenvalue weighted by atomic mass is 10.1. The second-order valence-electron chi connectivity index (χ2n) is 7.76. The minimum atomic E-state index is -0.697. The molecule has 5 nitrogen and oxygen atoms in total. The zero-order chi connectivity index (χ0) is 22.8. The van der Waals surface area contributed by atoms with Crippen LogP contribution in [0.5, 0.6) is 16.7 Å². The highest BCUT2D eigenvalue weighted by Gasteiger charge is 2.26. The highest BCUT2D eigenvalue weighted by atomic mass is 32.1. The Morgan fingerprint density at radius 3 is 2.39 bits per heavy atom. The molecule has 1 amide bonds. The van der Waals surface area contributed by atoms with Gasteiger partial charge in [0.2, 0.25) is 0 Å². The molecule has 168 valence electrons.